The number of aromatic nitrogens is 3. The van der Waals surface area contributed by atoms with Gasteiger partial charge in [0.15, 0.2) is 0 Å². The third-order valence-corrected chi connectivity index (χ3v) is 11.5. The lowest BCUT2D eigenvalue weighted by Crippen LogP contribution is -2.14. The van der Waals surface area contributed by atoms with Gasteiger partial charge in [-0.05, 0) is 122 Å². The Morgan fingerprint density at radius 1 is 0.492 bits per heavy atom. The van der Waals surface area contributed by atoms with Crippen molar-refractivity contribution in [1.29, 1.82) is 0 Å². The molecule has 1 N–H and O–H groups in total. The van der Waals surface area contributed by atoms with Crippen LogP contribution in [0.25, 0.3) is 72.7 Å². The van der Waals surface area contributed by atoms with E-state index in [1.165, 1.54) is 33.4 Å². The number of rotatable bonds is 6. The number of fused-ring (bicyclic) bond motifs is 1. The summed E-state index contributed by atoms with van der Waals surface area (Å²) in [5, 5.41) is 11.7. The number of aryl methyl sites for hydroxylation is 1. The smallest absolute Gasteiger partial charge is 0.149 e. The molecule has 0 unspecified atom stereocenters. The molecule has 59 heavy (non-hydrogen) atoms. The van der Waals surface area contributed by atoms with Crippen molar-refractivity contribution >= 4 is 11.0 Å². The van der Waals surface area contributed by atoms with E-state index >= 15 is 0 Å². The first kappa shape index (κ1) is 39.6. The van der Waals surface area contributed by atoms with Gasteiger partial charge in [0.25, 0.3) is 0 Å². The van der Waals surface area contributed by atoms with Gasteiger partial charge in [-0.15, -0.1) is 0 Å². The van der Waals surface area contributed by atoms with Crippen LogP contribution in [0.1, 0.15) is 84.6 Å². The van der Waals surface area contributed by atoms with Gasteiger partial charge in [0.2, 0.25) is 0 Å². The van der Waals surface area contributed by atoms with E-state index in [0.717, 1.165) is 50.2 Å². The van der Waals surface area contributed by atoms with Crippen LogP contribution in [0.5, 0.6) is 5.75 Å². The normalized spacial score (nSPS) is 12.3. The number of phenolic OH excluding ortho intramolecular Hbond substituents is 1. The van der Waals surface area contributed by atoms with Crippen molar-refractivity contribution in [3.05, 3.63) is 168 Å². The fourth-order valence-electron chi connectivity index (χ4n) is 8.00. The van der Waals surface area contributed by atoms with E-state index in [0.29, 0.717) is 11.4 Å². The lowest BCUT2D eigenvalue weighted by Gasteiger charge is -2.25. The predicted molar refractivity (Wildman–Crippen MR) is 249 cm³/mol. The molecule has 0 aliphatic heterocycles. The minimum atomic E-state index is -0.147. The summed E-state index contributed by atoms with van der Waals surface area (Å²) in [6.07, 6.45) is 1.91. The molecule has 0 amide bonds. The minimum absolute atomic E-state index is 0.124. The zero-order valence-electron chi connectivity index (χ0n) is 36.1. The van der Waals surface area contributed by atoms with Gasteiger partial charge in [0.05, 0.1) is 22.3 Å². The Balaban J connectivity index is 1.39. The largest absolute Gasteiger partial charge is 0.507 e. The fraction of sp³-hybridized carbons (Fsp3) is 0.236. The zero-order chi connectivity index (χ0) is 41.9. The van der Waals surface area contributed by atoms with Gasteiger partial charge in [-0.25, -0.2) is 4.98 Å². The summed E-state index contributed by atoms with van der Waals surface area (Å²) >= 11 is 0. The fourth-order valence-corrected chi connectivity index (χ4v) is 8.00. The molecule has 0 aliphatic carbocycles. The highest BCUT2D eigenvalue weighted by Gasteiger charge is 2.26. The third-order valence-electron chi connectivity index (χ3n) is 11.5. The number of phenols is 1. The average Bonchev–Trinajstić information content (AvgIpc) is 3.60. The van der Waals surface area contributed by atoms with Crippen molar-refractivity contribution in [2.75, 3.05) is 0 Å². The lowest BCUT2D eigenvalue weighted by atomic mass is 9.81. The van der Waals surface area contributed by atoms with Crippen LogP contribution < -0.4 is 0 Å². The predicted octanol–water partition coefficient (Wildman–Crippen LogP) is 14.7. The first-order valence-corrected chi connectivity index (χ1v) is 20.7. The molecule has 2 heterocycles. The second-order valence-electron chi connectivity index (χ2n) is 19.1. The van der Waals surface area contributed by atoms with Crippen molar-refractivity contribution in [3.63, 3.8) is 0 Å². The SMILES string of the molecule is Cc1ccc(-c2ccnc(-c3cc(-c4cccc5c4nc(-c4cc(C(C)(C)C)ccc4O)n5-c4ccc(-c5ccccc5)c(C(C)(C)C)c4)cc(C(C)(C)C)c3)c2)cc1. The number of hydrogen-bond donors (Lipinski definition) is 1. The molecule has 0 saturated heterocycles. The van der Waals surface area contributed by atoms with Crippen LogP contribution in [0.15, 0.2) is 146 Å². The first-order valence-electron chi connectivity index (χ1n) is 20.7. The van der Waals surface area contributed by atoms with Crippen LogP contribution in [-0.4, -0.2) is 19.6 Å². The molecule has 2 aromatic heterocycles. The second kappa shape index (κ2) is 14.8. The number of hydrogen-bond acceptors (Lipinski definition) is 3. The van der Waals surface area contributed by atoms with E-state index in [-0.39, 0.29) is 22.0 Å². The quantitative estimate of drug-likeness (QED) is 0.183. The molecular formula is C55H55N3O. The van der Waals surface area contributed by atoms with Crippen LogP contribution in [0.2, 0.25) is 0 Å². The zero-order valence-corrected chi connectivity index (χ0v) is 36.1. The Morgan fingerprint density at radius 3 is 1.90 bits per heavy atom. The number of benzene rings is 6. The maximum atomic E-state index is 11.7. The maximum absolute atomic E-state index is 11.7. The molecule has 4 nitrogen and oxygen atoms in total. The van der Waals surface area contributed by atoms with Crippen LogP contribution in [0.4, 0.5) is 0 Å². The molecule has 0 saturated carbocycles. The van der Waals surface area contributed by atoms with E-state index < -0.39 is 0 Å². The summed E-state index contributed by atoms with van der Waals surface area (Å²) in [4.78, 5) is 10.5. The monoisotopic (exact) mass is 773 g/mol. The number of aromatic hydroxyl groups is 1. The van der Waals surface area contributed by atoms with Crippen molar-refractivity contribution < 1.29 is 5.11 Å². The van der Waals surface area contributed by atoms with Gasteiger partial charge >= 0.3 is 0 Å². The van der Waals surface area contributed by atoms with E-state index in [2.05, 4.69) is 201 Å². The molecule has 0 aliphatic rings. The number of nitrogens with zero attached hydrogens (tertiary/aromatic N) is 3. The number of pyridine rings is 1. The second-order valence-corrected chi connectivity index (χ2v) is 19.1. The summed E-state index contributed by atoms with van der Waals surface area (Å²) in [7, 11) is 0. The van der Waals surface area contributed by atoms with Crippen LogP contribution in [0, 0.1) is 6.92 Å². The van der Waals surface area contributed by atoms with E-state index in [1.54, 1.807) is 0 Å². The highest BCUT2D eigenvalue weighted by atomic mass is 16.3. The number of imidazole rings is 1. The maximum Gasteiger partial charge on any atom is 0.149 e. The van der Waals surface area contributed by atoms with Gasteiger partial charge in [-0.3, -0.25) is 9.55 Å². The molecule has 8 rings (SSSR count). The van der Waals surface area contributed by atoms with Gasteiger partial charge in [0, 0.05) is 23.0 Å². The summed E-state index contributed by atoms with van der Waals surface area (Å²) in [5.74, 6) is 0.896. The van der Waals surface area contributed by atoms with Crippen LogP contribution >= 0.6 is 0 Å². The Hall–Kier alpha value is -6.26. The molecular weight excluding hydrogens is 719 g/mol. The Labute approximate surface area is 350 Å². The van der Waals surface area contributed by atoms with Gasteiger partial charge < -0.3 is 5.11 Å². The summed E-state index contributed by atoms with van der Waals surface area (Å²) < 4.78 is 2.24. The molecule has 8 aromatic rings. The minimum Gasteiger partial charge on any atom is -0.507 e. The van der Waals surface area contributed by atoms with Crippen molar-refractivity contribution in [2.24, 2.45) is 0 Å². The summed E-state index contributed by atoms with van der Waals surface area (Å²) in [6.45, 7) is 22.3. The molecule has 0 bridgehead atoms. The van der Waals surface area contributed by atoms with E-state index in [9.17, 15) is 5.11 Å². The standard InChI is InChI=1S/C55H55N3O/c1-35-19-21-36(22-20-35)38-27-28-56-48(32-38)40-29-39(30-42(31-40)54(5,6)7)45-17-14-18-49-51(45)57-52(46-33-41(53(2,3)4)23-26-50(46)59)58(49)43-24-25-44(37-15-12-11-13-16-37)47(34-43)55(8,9)10/h11-34,59H,1-10H3. The summed E-state index contributed by atoms with van der Waals surface area (Å²) in [6, 6.07) is 49.6. The Morgan fingerprint density at radius 2 is 1.20 bits per heavy atom. The first-order chi connectivity index (χ1) is 28.0. The van der Waals surface area contributed by atoms with Crippen LogP contribution in [-0.2, 0) is 16.2 Å². The molecule has 6 aromatic carbocycles. The molecule has 0 fully saturated rings. The highest BCUT2D eigenvalue weighted by molar-refractivity contribution is 5.97. The highest BCUT2D eigenvalue weighted by Crippen LogP contribution is 2.43. The van der Waals surface area contributed by atoms with Crippen LogP contribution in [0.3, 0.4) is 0 Å². The van der Waals surface area contributed by atoms with Crippen molar-refractivity contribution in [2.45, 2.75) is 85.5 Å². The molecule has 296 valence electrons. The molecule has 4 heteroatoms. The molecule has 0 radical (unpaired) electrons. The van der Waals surface area contributed by atoms with Gasteiger partial charge in [0.1, 0.15) is 11.6 Å². The lowest BCUT2D eigenvalue weighted by molar-refractivity contribution is 0.475. The van der Waals surface area contributed by atoms with Crippen molar-refractivity contribution in [3.8, 4) is 67.5 Å². The van der Waals surface area contributed by atoms with E-state index in [4.69, 9.17) is 9.97 Å². The van der Waals surface area contributed by atoms with Crippen molar-refractivity contribution in [1.82, 2.24) is 14.5 Å². The average molecular weight is 774 g/mol. The number of para-hydroxylation sites is 1. The van der Waals surface area contributed by atoms with Gasteiger partial charge in [-0.2, -0.15) is 0 Å². The van der Waals surface area contributed by atoms with Gasteiger partial charge in [-0.1, -0.05) is 153 Å². The van der Waals surface area contributed by atoms with E-state index in [1.807, 2.05) is 18.3 Å². The molecule has 0 atom stereocenters. The molecule has 0 spiro atoms. The Bertz CT molecular complexity index is 2820. The summed E-state index contributed by atoms with van der Waals surface area (Å²) in [5.41, 5.74) is 16.7. The Kier molecular flexibility index (Phi) is 9.95. The topological polar surface area (TPSA) is 50.9 Å². The third kappa shape index (κ3) is 7.84.